The highest BCUT2D eigenvalue weighted by Gasteiger charge is 2.48. The van der Waals surface area contributed by atoms with Crippen molar-refractivity contribution in [2.75, 3.05) is 0 Å². The van der Waals surface area contributed by atoms with Crippen LogP contribution in [-0.4, -0.2) is 23.0 Å². The minimum absolute atomic E-state index is 0.0521. The second kappa shape index (κ2) is 5.38. The zero-order valence-corrected chi connectivity index (χ0v) is 12.2. The third kappa shape index (κ3) is 2.84. The van der Waals surface area contributed by atoms with Crippen molar-refractivity contribution in [2.24, 2.45) is 29.6 Å². The number of carbonyl (C=O) groups is 2. The first-order chi connectivity index (χ1) is 9.51. The molecular formula is C16H25NO3. The number of amides is 1. The molecule has 1 atom stereocenters. The first-order valence-electron chi connectivity index (χ1n) is 8.02. The fourth-order valence-electron chi connectivity index (χ4n) is 5.09. The van der Waals surface area contributed by atoms with E-state index in [1.165, 1.54) is 32.1 Å². The third-order valence-corrected chi connectivity index (χ3v) is 5.61. The molecular weight excluding hydrogens is 254 g/mol. The van der Waals surface area contributed by atoms with Gasteiger partial charge < -0.3 is 10.4 Å². The Morgan fingerprint density at radius 1 is 1.05 bits per heavy atom. The summed E-state index contributed by atoms with van der Waals surface area (Å²) in [6, 6.07) is 0.368. The zero-order valence-electron chi connectivity index (χ0n) is 12.2. The van der Waals surface area contributed by atoms with E-state index >= 15 is 0 Å². The Morgan fingerprint density at radius 3 is 2.10 bits per heavy atom. The molecule has 1 amide bonds. The van der Waals surface area contributed by atoms with E-state index in [1.807, 2.05) is 6.92 Å². The van der Waals surface area contributed by atoms with Crippen molar-refractivity contribution >= 4 is 11.9 Å². The molecule has 2 N–H and O–H groups in total. The molecule has 20 heavy (non-hydrogen) atoms. The van der Waals surface area contributed by atoms with Gasteiger partial charge in [-0.2, -0.15) is 0 Å². The molecule has 1 unspecified atom stereocenters. The molecule has 4 nitrogen and oxygen atoms in total. The van der Waals surface area contributed by atoms with Crippen LogP contribution in [0.2, 0.25) is 0 Å². The van der Waals surface area contributed by atoms with Gasteiger partial charge in [0.25, 0.3) is 0 Å². The second-order valence-corrected chi connectivity index (χ2v) is 7.43. The summed E-state index contributed by atoms with van der Waals surface area (Å²) in [5.41, 5.74) is 0. The van der Waals surface area contributed by atoms with Crippen LogP contribution in [0.4, 0.5) is 0 Å². The lowest BCUT2D eigenvalue weighted by molar-refractivity contribution is -0.138. The average Bonchev–Trinajstić information content (AvgIpc) is 2.31. The van der Waals surface area contributed by atoms with Gasteiger partial charge in [-0.15, -0.1) is 0 Å². The molecule has 112 valence electrons. The van der Waals surface area contributed by atoms with Crippen molar-refractivity contribution in [3.05, 3.63) is 0 Å². The highest BCUT2D eigenvalue weighted by molar-refractivity contribution is 5.77. The summed E-state index contributed by atoms with van der Waals surface area (Å²) < 4.78 is 0. The van der Waals surface area contributed by atoms with Gasteiger partial charge in [0.15, 0.2) is 0 Å². The predicted molar refractivity (Wildman–Crippen MR) is 75.0 cm³/mol. The van der Waals surface area contributed by atoms with Crippen LogP contribution in [-0.2, 0) is 9.59 Å². The van der Waals surface area contributed by atoms with Crippen LogP contribution in [0.25, 0.3) is 0 Å². The molecule has 0 spiro atoms. The number of nitrogens with one attached hydrogen (secondary N) is 1. The Morgan fingerprint density at radius 2 is 1.60 bits per heavy atom. The summed E-state index contributed by atoms with van der Waals surface area (Å²) in [6.45, 7) is 1.84. The van der Waals surface area contributed by atoms with Gasteiger partial charge in [0.05, 0.1) is 0 Å². The van der Waals surface area contributed by atoms with Crippen LogP contribution in [0.3, 0.4) is 0 Å². The maximum Gasteiger partial charge on any atom is 0.303 e. The first kappa shape index (κ1) is 13.9. The number of carboxylic acid groups (broad SMARTS) is 1. The van der Waals surface area contributed by atoms with Crippen molar-refractivity contribution in [3.63, 3.8) is 0 Å². The molecule has 4 heteroatoms. The molecule has 4 fully saturated rings. The largest absolute Gasteiger partial charge is 0.481 e. The van der Waals surface area contributed by atoms with Gasteiger partial charge >= 0.3 is 5.97 Å². The van der Waals surface area contributed by atoms with E-state index < -0.39 is 5.97 Å². The molecule has 4 aliphatic carbocycles. The van der Waals surface area contributed by atoms with Gasteiger partial charge in [-0.25, -0.2) is 0 Å². The van der Waals surface area contributed by atoms with E-state index in [9.17, 15) is 9.59 Å². The molecule has 0 saturated heterocycles. The van der Waals surface area contributed by atoms with Gasteiger partial charge in [0.1, 0.15) is 0 Å². The SMILES string of the molecule is CC(CC(=O)O)CC(=O)NC1C2CC3CC(C2)CC1C3. The standard InChI is InChI=1S/C16H25NO3/c1-9(3-15(19)20)2-14(18)17-16-12-5-10-4-11(7-12)8-13(16)6-10/h9-13,16H,2-8H2,1H3,(H,17,18)(H,19,20). The van der Waals surface area contributed by atoms with E-state index in [-0.39, 0.29) is 18.2 Å². The van der Waals surface area contributed by atoms with Crippen molar-refractivity contribution in [3.8, 4) is 0 Å². The monoisotopic (exact) mass is 279 g/mol. The fourth-order valence-corrected chi connectivity index (χ4v) is 5.09. The normalized spacial score (nSPS) is 39.5. The van der Waals surface area contributed by atoms with Crippen LogP contribution in [0.5, 0.6) is 0 Å². The van der Waals surface area contributed by atoms with Gasteiger partial charge in [0, 0.05) is 18.9 Å². The number of rotatable bonds is 5. The van der Waals surface area contributed by atoms with Crippen molar-refractivity contribution in [1.82, 2.24) is 5.32 Å². The lowest BCUT2D eigenvalue weighted by Crippen LogP contribution is -2.55. The van der Waals surface area contributed by atoms with Crippen molar-refractivity contribution in [2.45, 2.75) is 57.9 Å². The van der Waals surface area contributed by atoms with Gasteiger partial charge in [-0.05, 0) is 61.7 Å². The van der Waals surface area contributed by atoms with Crippen LogP contribution >= 0.6 is 0 Å². The van der Waals surface area contributed by atoms with E-state index in [2.05, 4.69) is 5.32 Å². The molecule has 0 aromatic rings. The molecule has 0 aromatic carbocycles. The molecule has 4 saturated carbocycles. The number of hydrogen-bond donors (Lipinski definition) is 2. The van der Waals surface area contributed by atoms with Crippen LogP contribution in [0.1, 0.15) is 51.9 Å². The number of carboxylic acids is 1. The minimum atomic E-state index is -0.820. The van der Waals surface area contributed by atoms with Crippen molar-refractivity contribution in [1.29, 1.82) is 0 Å². The number of aliphatic carboxylic acids is 1. The smallest absolute Gasteiger partial charge is 0.303 e. The van der Waals surface area contributed by atoms with Crippen LogP contribution in [0, 0.1) is 29.6 Å². The molecule has 4 aliphatic rings. The molecule has 0 radical (unpaired) electrons. The Bertz CT molecular complexity index is 379. The van der Waals surface area contributed by atoms with E-state index in [0.29, 0.717) is 24.3 Å². The summed E-state index contributed by atoms with van der Waals surface area (Å²) in [4.78, 5) is 22.8. The first-order valence-corrected chi connectivity index (χ1v) is 8.02. The third-order valence-electron chi connectivity index (χ3n) is 5.61. The maximum atomic E-state index is 12.1. The lowest BCUT2D eigenvalue weighted by atomic mass is 9.54. The Hall–Kier alpha value is -1.06. The summed E-state index contributed by atoms with van der Waals surface area (Å²) >= 11 is 0. The second-order valence-electron chi connectivity index (χ2n) is 7.43. The van der Waals surface area contributed by atoms with Crippen molar-refractivity contribution < 1.29 is 14.7 Å². The topological polar surface area (TPSA) is 66.4 Å². The van der Waals surface area contributed by atoms with E-state index in [1.54, 1.807) is 0 Å². The Balaban J connectivity index is 1.53. The Kier molecular flexibility index (Phi) is 3.74. The van der Waals surface area contributed by atoms with E-state index in [0.717, 1.165) is 11.8 Å². The van der Waals surface area contributed by atoms with Crippen LogP contribution in [0.15, 0.2) is 0 Å². The minimum Gasteiger partial charge on any atom is -0.481 e. The Labute approximate surface area is 120 Å². The van der Waals surface area contributed by atoms with Gasteiger partial charge in [0.2, 0.25) is 5.91 Å². The molecule has 0 heterocycles. The lowest BCUT2D eigenvalue weighted by Gasteiger charge is -2.54. The zero-order chi connectivity index (χ0) is 14.3. The fraction of sp³-hybridized carbons (Fsp3) is 0.875. The maximum absolute atomic E-state index is 12.1. The summed E-state index contributed by atoms with van der Waals surface area (Å²) in [6.07, 6.45) is 7.02. The number of hydrogen-bond acceptors (Lipinski definition) is 2. The molecule has 4 bridgehead atoms. The molecule has 4 rings (SSSR count). The van der Waals surface area contributed by atoms with Gasteiger partial charge in [-0.1, -0.05) is 6.92 Å². The average molecular weight is 279 g/mol. The highest BCUT2D eigenvalue weighted by Crippen LogP contribution is 2.53. The highest BCUT2D eigenvalue weighted by atomic mass is 16.4. The quantitative estimate of drug-likeness (QED) is 0.812. The molecule has 0 aliphatic heterocycles. The summed E-state index contributed by atoms with van der Waals surface area (Å²) in [5.74, 6) is 2.35. The van der Waals surface area contributed by atoms with Gasteiger partial charge in [-0.3, -0.25) is 9.59 Å². The molecule has 0 aromatic heterocycles. The summed E-state index contributed by atoms with van der Waals surface area (Å²) in [7, 11) is 0. The predicted octanol–water partition coefficient (Wildman–Crippen LogP) is 2.43. The number of carbonyl (C=O) groups excluding carboxylic acids is 1. The van der Waals surface area contributed by atoms with Crippen LogP contribution < -0.4 is 5.32 Å². The summed E-state index contributed by atoms with van der Waals surface area (Å²) in [5, 5.41) is 12.0. The van der Waals surface area contributed by atoms with E-state index in [4.69, 9.17) is 5.11 Å².